The molecule has 7 heteroatoms. The summed E-state index contributed by atoms with van der Waals surface area (Å²) in [5.74, 6) is 0.275. The van der Waals surface area contributed by atoms with Gasteiger partial charge < -0.3 is 19.1 Å². The summed E-state index contributed by atoms with van der Waals surface area (Å²) < 4.78 is 26.7. The number of fused-ring (bicyclic) bond motifs is 2. The van der Waals surface area contributed by atoms with Gasteiger partial charge in [0.05, 0.1) is 18.7 Å². The van der Waals surface area contributed by atoms with Crippen LogP contribution in [0.3, 0.4) is 0 Å². The zero-order valence-electron chi connectivity index (χ0n) is 18.3. The summed E-state index contributed by atoms with van der Waals surface area (Å²) in [6.07, 6.45) is 0. The summed E-state index contributed by atoms with van der Waals surface area (Å²) in [5, 5.41) is 14.4. The van der Waals surface area contributed by atoms with E-state index in [4.69, 9.17) is 9.47 Å². The summed E-state index contributed by atoms with van der Waals surface area (Å²) >= 11 is 0. The highest BCUT2D eigenvalue weighted by atomic mass is 19.1. The molecule has 6 nitrogen and oxygen atoms in total. The number of benzene rings is 3. The molecule has 0 aliphatic carbocycles. The monoisotopic (exact) mass is 446 g/mol. The number of aromatic hydroxyl groups is 1. The number of hydrogen-bond acceptors (Lipinski definition) is 5. The molecule has 0 spiro atoms. The van der Waals surface area contributed by atoms with Crippen molar-refractivity contribution in [2.75, 3.05) is 6.79 Å². The number of rotatable bonds is 5. The third kappa shape index (κ3) is 3.74. The van der Waals surface area contributed by atoms with Crippen molar-refractivity contribution in [3.8, 4) is 22.8 Å². The van der Waals surface area contributed by atoms with Gasteiger partial charge in [-0.05, 0) is 52.1 Å². The van der Waals surface area contributed by atoms with Crippen molar-refractivity contribution in [1.82, 2.24) is 4.57 Å². The normalized spacial score (nSPS) is 13.2. The van der Waals surface area contributed by atoms with E-state index in [1.54, 1.807) is 10.6 Å². The third-order valence-corrected chi connectivity index (χ3v) is 6.09. The zero-order valence-corrected chi connectivity index (χ0v) is 18.3. The molecule has 2 heterocycles. The SMILES string of the molecule is CC(C)c1ccc(-c2ccc3c(N=O)c(O)n(Cc4cc(F)cc5c4OCOC5)c3c2)cc1. The van der Waals surface area contributed by atoms with Crippen LogP contribution in [0.2, 0.25) is 0 Å². The summed E-state index contributed by atoms with van der Waals surface area (Å²) in [4.78, 5) is 11.5. The van der Waals surface area contributed by atoms with Gasteiger partial charge in [-0.25, -0.2) is 4.39 Å². The van der Waals surface area contributed by atoms with Crippen LogP contribution in [-0.4, -0.2) is 16.5 Å². The van der Waals surface area contributed by atoms with Crippen molar-refractivity contribution in [1.29, 1.82) is 0 Å². The van der Waals surface area contributed by atoms with Crippen molar-refractivity contribution in [2.24, 2.45) is 5.18 Å². The molecule has 0 saturated carbocycles. The van der Waals surface area contributed by atoms with Crippen LogP contribution in [-0.2, 0) is 17.9 Å². The summed E-state index contributed by atoms with van der Waals surface area (Å²) in [5.41, 5.74) is 4.92. The molecule has 33 heavy (non-hydrogen) atoms. The second kappa shape index (κ2) is 8.33. The number of aromatic nitrogens is 1. The maximum Gasteiger partial charge on any atom is 0.222 e. The first-order chi connectivity index (χ1) is 16.0. The quantitative estimate of drug-likeness (QED) is 0.351. The van der Waals surface area contributed by atoms with Gasteiger partial charge in [0, 0.05) is 16.5 Å². The minimum absolute atomic E-state index is 0.0405. The Hall–Kier alpha value is -3.71. The molecule has 0 unspecified atom stereocenters. The molecule has 0 amide bonds. The molecule has 4 aromatic rings. The third-order valence-electron chi connectivity index (χ3n) is 6.09. The zero-order chi connectivity index (χ0) is 23.1. The van der Waals surface area contributed by atoms with E-state index in [2.05, 4.69) is 43.3 Å². The maximum absolute atomic E-state index is 14.3. The fraction of sp³-hybridized carbons (Fsp3) is 0.231. The average molecular weight is 446 g/mol. The van der Waals surface area contributed by atoms with Gasteiger partial charge in [0.25, 0.3) is 0 Å². The molecular weight excluding hydrogens is 423 g/mol. The smallest absolute Gasteiger partial charge is 0.222 e. The average Bonchev–Trinajstić information content (AvgIpc) is 3.08. The number of nitrogens with zero attached hydrogens (tertiary/aromatic N) is 2. The van der Waals surface area contributed by atoms with Gasteiger partial charge in [-0.3, -0.25) is 0 Å². The van der Waals surface area contributed by atoms with Crippen LogP contribution >= 0.6 is 0 Å². The molecule has 1 aliphatic heterocycles. The van der Waals surface area contributed by atoms with Gasteiger partial charge in [-0.1, -0.05) is 44.2 Å². The van der Waals surface area contributed by atoms with Crippen molar-refractivity contribution < 1.29 is 19.0 Å². The molecule has 1 aromatic heterocycles. The molecule has 168 valence electrons. The minimum atomic E-state index is -0.423. The van der Waals surface area contributed by atoms with Gasteiger partial charge in [0.1, 0.15) is 11.6 Å². The Morgan fingerprint density at radius 2 is 1.85 bits per heavy atom. The molecule has 1 aliphatic rings. The Morgan fingerprint density at radius 1 is 1.09 bits per heavy atom. The van der Waals surface area contributed by atoms with Crippen molar-refractivity contribution >= 4 is 16.6 Å². The molecule has 0 atom stereocenters. The van der Waals surface area contributed by atoms with Crippen LogP contribution in [0.4, 0.5) is 10.1 Å². The minimum Gasteiger partial charge on any atom is -0.493 e. The standard InChI is InChI=1S/C26H23FN2O4/c1-15(2)16-3-5-17(6-4-16)18-7-8-22-23(11-18)29(26(30)24(22)28-31)12-19-9-21(27)10-20-13-32-14-33-25(19)20/h3-11,15,30H,12-14H2,1-2H3. The number of halogens is 1. The highest BCUT2D eigenvalue weighted by molar-refractivity contribution is 5.97. The Labute approximate surface area is 190 Å². The molecule has 0 saturated heterocycles. The van der Waals surface area contributed by atoms with E-state index >= 15 is 0 Å². The number of ether oxygens (including phenoxy) is 2. The Bertz CT molecular complexity index is 1360. The Morgan fingerprint density at radius 3 is 2.58 bits per heavy atom. The van der Waals surface area contributed by atoms with E-state index < -0.39 is 5.82 Å². The predicted molar refractivity (Wildman–Crippen MR) is 124 cm³/mol. The van der Waals surface area contributed by atoms with E-state index in [9.17, 15) is 14.4 Å². The molecular formula is C26H23FN2O4. The largest absolute Gasteiger partial charge is 0.493 e. The van der Waals surface area contributed by atoms with Crippen LogP contribution in [0.5, 0.6) is 11.6 Å². The van der Waals surface area contributed by atoms with E-state index in [1.807, 2.05) is 12.1 Å². The van der Waals surface area contributed by atoms with Gasteiger partial charge in [-0.15, -0.1) is 4.91 Å². The summed E-state index contributed by atoms with van der Waals surface area (Å²) in [7, 11) is 0. The van der Waals surface area contributed by atoms with Crippen LogP contribution in [0.25, 0.3) is 22.0 Å². The lowest BCUT2D eigenvalue weighted by Crippen LogP contribution is -2.14. The second-order valence-corrected chi connectivity index (χ2v) is 8.52. The van der Waals surface area contributed by atoms with Crippen molar-refractivity contribution in [2.45, 2.75) is 32.9 Å². The number of hydrogen-bond donors (Lipinski definition) is 1. The molecule has 1 N–H and O–H groups in total. The molecule has 3 aromatic carbocycles. The van der Waals surface area contributed by atoms with Gasteiger partial charge in [0.2, 0.25) is 5.88 Å². The topological polar surface area (TPSA) is 73.0 Å². The van der Waals surface area contributed by atoms with E-state index in [-0.39, 0.29) is 31.5 Å². The van der Waals surface area contributed by atoms with E-state index in [1.165, 1.54) is 17.7 Å². The van der Waals surface area contributed by atoms with Gasteiger partial charge in [-0.2, -0.15) is 0 Å². The van der Waals surface area contributed by atoms with Crippen molar-refractivity contribution in [3.05, 3.63) is 82.0 Å². The van der Waals surface area contributed by atoms with E-state index in [0.29, 0.717) is 33.7 Å². The van der Waals surface area contributed by atoms with E-state index in [0.717, 1.165) is 11.1 Å². The van der Waals surface area contributed by atoms with Gasteiger partial charge in [0.15, 0.2) is 12.5 Å². The summed E-state index contributed by atoms with van der Waals surface area (Å²) in [6, 6.07) is 16.6. The highest BCUT2D eigenvalue weighted by Crippen LogP contribution is 2.41. The molecule has 0 bridgehead atoms. The summed E-state index contributed by atoms with van der Waals surface area (Å²) in [6.45, 7) is 4.71. The highest BCUT2D eigenvalue weighted by Gasteiger charge is 2.22. The Kier molecular flexibility index (Phi) is 5.34. The Balaban J connectivity index is 1.63. The predicted octanol–water partition coefficient (Wildman–Crippen LogP) is 6.59. The lowest BCUT2D eigenvalue weighted by atomic mass is 9.98. The lowest BCUT2D eigenvalue weighted by Gasteiger charge is -2.21. The van der Waals surface area contributed by atoms with Gasteiger partial charge >= 0.3 is 0 Å². The first-order valence-corrected chi connectivity index (χ1v) is 10.8. The van der Waals surface area contributed by atoms with Crippen LogP contribution in [0.15, 0.2) is 59.8 Å². The van der Waals surface area contributed by atoms with Crippen LogP contribution in [0, 0.1) is 10.7 Å². The van der Waals surface area contributed by atoms with Crippen LogP contribution in [0.1, 0.15) is 36.5 Å². The first-order valence-electron chi connectivity index (χ1n) is 10.8. The fourth-order valence-electron chi connectivity index (χ4n) is 4.35. The second-order valence-electron chi connectivity index (χ2n) is 8.52. The molecule has 0 fully saturated rings. The first kappa shape index (κ1) is 21.2. The number of nitroso groups, excluding NO2 is 1. The molecule has 5 rings (SSSR count). The molecule has 0 radical (unpaired) electrons. The lowest BCUT2D eigenvalue weighted by molar-refractivity contribution is -0.0173. The van der Waals surface area contributed by atoms with Crippen molar-refractivity contribution in [3.63, 3.8) is 0 Å². The van der Waals surface area contributed by atoms with Crippen LogP contribution < -0.4 is 4.74 Å². The fourth-order valence-corrected chi connectivity index (χ4v) is 4.35. The maximum atomic E-state index is 14.3.